The first-order valence-corrected chi connectivity index (χ1v) is 18.7. The summed E-state index contributed by atoms with van der Waals surface area (Å²) in [6.45, 7) is 0.715. The van der Waals surface area contributed by atoms with Crippen molar-refractivity contribution < 1.29 is 33.6 Å². The third-order valence-electron chi connectivity index (χ3n) is 8.52. The zero-order valence-corrected chi connectivity index (χ0v) is 31.4. The van der Waals surface area contributed by atoms with Crippen molar-refractivity contribution in [2.45, 2.75) is 13.2 Å². The van der Waals surface area contributed by atoms with Crippen molar-refractivity contribution in [3.05, 3.63) is 156 Å². The number of benzene rings is 6. The fraction of sp³-hybridized carbons (Fsp3) is 0.0909. The van der Waals surface area contributed by atoms with E-state index in [1.54, 1.807) is 30.6 Å². The van der Waals surface area contributed by atoms with Crippen molar-refractivity contribution in [1.82, 2.24) is 9.97 Å². The van der Waals surface area contributed by atoms with Crippen molar-refractivity contribution in [1.29, 1.82) is 0 Å². The van der Waals surface area contributed by atoms with Gasteiger partial charge < -0.3 is 24.1 Å². The van der Waals surface area contributed by atoms with Gasteiger partial charge in [-0.2, -0.15) is 0 Å². The molecule has 0 aliphatic carbocycles. The monoisotopic (exact) mass is 766 g/mol. The number of fused-ring (bicyclic) bond motifs is 2. The number of aldehydes is 1. The van der Waals surface area contributed by atoms with Crippen molar-refractivity contribution in [3.8, 4) is 44.1 Å². The molecule has 0 bridgehead atoms. The highest BCUT2D eigenvalue weighted by molar-refractivity contribution is 7.22. The number of carboxylic acid groups (broad SMARTS) is 1. The van der Waals surface area contributed by atoms with Gasteiger partial charge in [0.2, 0.25) is 0 Å². The number of ether oxygens (including phenoxy) is 4. The predicted molar refractivity (Wildman–Crippen MR) is 217 cm³/mol. The number of hydrogen-bond acceptors (Lipinski definition) is 10. The number of nitrogens with zero attached hydrogens (tertiary/aromatic N) is 2. The second-order valence-electron chi connectivity index (χ2n) is 12.1. The van der Waals surface area contributed by atoms with E-state index >= 15 is 0 Å². The molecule has 1 N–H and O–H groups in total. The number of carboxylic acids is 1. The molecule has 0 aliphatic rings. The Kier molecular flexibility index (Phi) is 11.4. The van der Waals surface area contributed by atoms with Crippen LogP contribution in [0.2, 0.25) is 0 Å². The maximum absolute atomic E-state index is 11.9. The van der Waals surface area contributed by atoms with E-state index in [2.05, 4.69) is 9.97 Å². The maximum atomic E-state index is 11.9. The van der Waals surface area contributed by atoms with Crippen molar-refractivity contribution >= 4 is 55.4 Å². The largest absolute Gasteiger partial charge is 0.493 e. The molecular formula is C44H34N2O7S2. The number of carbonyl (C=O) groups is 2. The second-order valence-corrected chi connectivity index (χ2v) is 14.1. The van der Waals surface area contributed by atoms with E-state index in [-0.39, 0.29) is 5.56 Å². The van der Waals surface area contributed by atoms with Crippen LogP contribution in [0.5, 0.6) is 23.0 Å². The normalized spacial score (nSPS) is 10.7. The molecule has 0 radical (unpaired) electrons. The Morgan fingerprint density at radius 1 is 0.600 bits per heavy atom. The van der Waals surface area contributed by atoms with E-state index in [0.717, 1.165) is 48.4 Å². The zero-order valence-electron chi connectivity index (χ0n) is 29.8. The van der Waals surface area contributed by atoms with Crippen LogP contribution in [0.25, 0.3) is 41.6 Å². The fourth-order valence-corrected chi connectivity index (χ4v) is 7.76. The molecule has 0 aliphatic heterocycles. The van der Waals surface area contributed by atoms with Crippen LogP contribution in [-0.4, -0.2) is 41.5 Å². The number of carbonyl (C=O) groups excluding carboxylic acids is 1. The summed E-state index contributed by atoms with van der Waals surface area (Å²) < 4.78 is 24.8. The lowest BCUT2D eigenvalue weighted by Crippen LogP contribution is -2.04. The number of aromatic nitrogens is 2. The Morgan fingerprint density at radius 3 is 1.53 bits per heavy atom. The van der Waals surface area contributed by atoms with E-state index in [9.17, 15) is 14.7 Å². The van der Waals surface area contributed by atoms with Gasteiger partial charge in [-0.05, 0) is 59.7 Å². The topological polar surface area (TPSA) is 117 Å². The minimum absolute atomic E-state index is 0.128. The summed E-state index contributed by atoms with van der Waals surface area (Å²) >= 11 is 3.00. The zero-order chi connectivity index (χ0) is 38.1. The number of aromatic carboxylic acids is 1. The molecule has 0 amide bonds. The molecule has 55 heavy (non-hydrogen) atoms. The maximum Gasteiger partial charge on any atom is 0.336 e. The number of hydrogen-bond donors (Lipinski definition) is 1. The Balaban J connectivity index is 0.000000169. The summed E-state index contributed by atoms with van der Waals surface area (Å²) in [5.41, 5.74) is 5.69. The third-order valence-corrected chi connectivity index (χ3v) is 10.7. The molecule has 274 valence electrons. The van der Waals surface area contributed by atoms with Gasteiger partial charge >= 0.3 is 5.97 Å². The molecule has 6 aromatic carbocycles. The number of methoxy groups -OCH3 is 2. The summed E-state index contributed by atoms with van der Waals surface area (Å²) in [6.07, 6.45) is 0.830. The number of thiazole rings is 2. The van der Waals surface area contributed by atoms with Crippen LogP contribution in [0.15, 0.2) is 133 Å². The van der Waals surface area contributed by atoms with E-state index < -0.39 is 5.97 Å². The lowest BCUT2D eigenvalue weighted by atomic mass is 10.1. The number of para-hydroxylation sites is 2. The predicted octanol–water partition coefficient (Wildman–Crippen LogP) is 10.6. The summed E-state index contributed by atoms with van der Waals surface area (Å²) in [7, 11) is 3.13. The SMILES string of the molecule is COc1cc(-c2nc3ccccc3s2)c(C(=O)O)cc1OCc1ccccc1.COc1cc(-c2nc3ccccc3s2)c(C=O)cc1OCc1ccccc1. The van der Waals surface area contributed by atoms with Gasteiger partial charge in [-0.3, -0.25) is 4.79 Å². The van der Waals surface area contributed by atoms with Gasteiger partial charge in [-0.15, -0.1) is 22.7 Å². The molecule has 8 aromatic rings. The fourth-order valence-electron chi connectivity index (χ4n) is 5.76. The lowest BCUT2D eigenvalue weighted by Gasteiger charge is -2.14. The second kappa shape index (κ2) is 17.1. The van der Waals surface area contributed by atoms with Crippen molar-refractivity contribution in [2.75, 3.05) is 14.2 Å². The van der Waals surface area contributed by atoms with Crippen LogP contribution < -0.4 is 18.9 Å². The first-order valence-electron chi connectivity index (χ1n) is 17.1. The van der Waals surface area contributed by atoms with Crippen molar-refractivity contribution in [2.24, 2.45) is 0 Å². The van der Waals surface area contributed by atoms with Crippen LogP contribution in [0.3, 0.4) is 0 Å². The molecular weight excluding hydrogens is 733 g/mol. The standard InChI is InChI=1S/C22H17NO4S.C22H17NO3S/c1-26-18-11-15(21-23-17-9-5-6-10-20(17)28-21)16(22(24)25)12-19(18)27-13-14-7-3-2-4-8-14;1-25-19-12-17(22-23-18-9-5-6-10-21(18)27-22)16(13-24)11-20(19)26-14-15-7-3-2-4-8-15/h2-12H,13H2,1H3,(H,24,25);2-13H,14H2,1H3. The molecule has 11 heteroatoms. The summed E-state index contributed by atoms with van der Waals surface area (Å²) in [5, 5.41) is 11.2. The molecule has 2 heterocycles. The highest BCUT2D eigenvalue weighted by atomic mass is 32.1. The van der Waals surface area contributed by atoms with Crippen LogP contribution in [0.4, 0.5) is 0 Å². The van der Waals surface area contributed by atoms with Gasteiger partial charge in [-0.1, -0.05) is 84.9 Å². The highest BCUT2D eigenvalue weighted by Gasteiger charge is 2.21. The van der Waals surface area contributed by atoms with Crippen LogP contribution in [-0.2, 0) is 13.2 Å². The van der Waals surface area contributed by atoms with Gasteiger partial charge in [0.1, 0.15) is 23.2 Å². The smallest absolute Gasteiger partial charge is 0.336 e. The van der Waals surface area contributed by atoms with E-state index in [4.69, 9.17) is 18.9 Å². The van der Waals surface area contributed by atoms with E-state index in [1.807, 2.05) is 115 Å². The molecule has 8 rings (SSSR count). The van der Waals surface area contributed by atoms with Crippen LogP contribution in [0, 0.1) is 0 Å². The summed E-state index contributed by atoms with van der Waals surface area (Å²) in [5.74, 6) is 0.921. The molecule has 0 saturated heterocycles. The Hall–Kier alpha value is -6.56. The summed E-state index contributed by atoms with van der Waals surface area (Å²) in [4.78, 5) is 32.9. The van der Waals surface area contributed by atoms with Crippen LogP contribution in [0.1, 0.15) is 31.8 Å². The average Bonchev–Trinajstić information content (AvgIpc) is 3.87. The van der Waals surface area contributed by atoms with Crippen LogP contribution >= 0.6 is 22.7 Å². The molecule has 0 saturated carbocycles. The Morgan fingerprint density at radius 2 is 1.05 bits per heavy atom. The summed E-state index contributed by atoms with van der Waals surface area (Å²) in [6, 6.07) is 41.9. The van der Waals surface area contributed by atoms with E-state index in [0.29, 0.717) is 52.3 Å². The van der Waals surface area contributed by atoms with Gasteiger partial charge in [0.15, 0.2) is 29.3 Å². The van der Waals surface area contributed by atoms with Gasteiger partial charge in [0, 0.05) is 16.7 Å². The molecule has 0 spiro atoms. The average molecular weight is 767 g/mol. The first kappa shape index (κ1) is 36.8. The Labute approximate surface area is 325 Å². The molecule has 9 nitrogen and oxygen atoms in total. The van der Waals surface area contributed by atoms with Gasteiger partial charge in [0.25, 0.3) is 0 Å². The first-order chi connectivity index (χ1) is 26.9. The quantitative estimate of drug-likeness (QED) is 0.121. The molecule has 0 fully saturated rings. The number of rotatable bonds is 12. The third kappa shape index (κ3) is 8.49. The lowest BCUT2D eigenvalue weighted by molar-refractivity contribution is 0.0697. The molecule has 0 atom stereocenters. The van der Waals surface area contributed by atoms with Gasteiger partial charge in [-0.25, -0.2) is 14.8 Å². The van der Waals surface area contributed by atoms with E-state index in [1.165, 1.54) is 24.5 Å². The minimum atomic E-state index is -1.04. The molecule has 0 unspecified atom stereocenters. The van der Waals surface area contributed by atoms with Gasteiger partial charge in [0.05, 0.1) is 40.2 Å². The minimum Gasteiger partial charge on any atom is -0.493 e. The highest BCUT2D eigenvalue weighted by Crippen LogP contribution is 2.40. The molecule has 2 aromatic heterocycles. The Bertz CT molecular complexity index is 2520. The van der Waals surface area contributed by atoms with Crippen molar-refractivity contribution in [3.63, 3.8) is 0 Å².